The zero-order valence-electron chi connectivity index (χ0n) is 16.0. The summed E-state index contributed by atoms with van der Waals surface area (Å²) in [6.45, 7) is 3.85. The fraction of sp³-hybridized carbons (Fsp3) is 0.348. The topological polar surface area (TPSA) is 50.4 Å². The van der Waals surface area contributed by atoms with E-state index in [-0.39, 0.29) is 17.8 Å². The highest BCUT2D eigenvalue weighted by Gasteiger charge is 2.51. The first kappa shape index (κ1) is 19.2. The van der Waals surface area contributed by atoms with Gasteiger partial charge in [-0.05, 0) is 48.3 Å². The number of nitrogens with one attached hydrogen (secondary N) is 2. The van der Waals surface area contributed by atoms with Crippen molar-refractivity contribution in [1.29, 1.82) is 0 Å². The summed E-state index contributed by atoms with van der Waals surface area (Å²) in [6.07, 6.45) is 2.95. The summed E-state index contributed by atoms with van der Waals surface area (Å²) in [6, 6.07) is 18.2. The Labute approximate surface area is 170 Å². The Morgan fingerprint density at radius 2 is 1.79 bits per heavy atom. The molecule has 2 unspecified atom stereocenters. The molecule has 0 radical (unpaired) electrons. The first-order chi connectivity index (χ1) is 13.6. The quantitative estimate of drug-likeness (QED) is 0.767. The number of halogens is 1. The minimum atomic E-state index is -0.611. The number of benzene rings is 2. The number of allylic oxidation sites excluding steroid dienone is 1. The molecule has 2 aliphatic rings. The lowest BCUT2D eigenvalue weighted by molar-refractivity contribution is -0.151. The molecule has 4 nitrogen and oxygen atoms in total. The first-order valence-electron chi connectivity index (χ1n) is 9.82. The standard InChI is InChI=1S/C23H25ClN2O2/c1-2-28-22(27)21-20(17-6-4-3-5-7-17)14-18(15-23(21)25-12-13-26-23)16-8-10-19(24)11-9-16/h3-11,15,20-21,25-26H,2,12-14H2,1H3. The molecule has 0 saturated carbocycles. The molecule has 5 heteroatoms. The number of carbonyl (C=O) groups excluding carboxylic acids is 1. The molecule has 28 heavy (non-hydrogen) atoms. The number of ether oxygens (including phenoxy) is 1. The predicted molar refractivity (Wildman–Crippen MR) is 112 cm³/mol. The third kappa shape index (κ3) is 3.60. The Balaban J connectivity index is 1.83. The molecule has 2 atom stereocenters. The smallest absolute Gasteiger partial charge is 0.313 e. The average molecular weight is 397 g/mol. The van der Waals surface area contributed by atoms with Crippen LogP contribution in [-0.4, -0.2) is 31.3 Å². The van der Waals surface area contributed by atoms with Gasteiger partial charge in [0.05, 0.1) is 12.5 Å². The van der Waals surface area contributed by atoms with Crippen molar-refractivity contribution in [2.75, 3.05) is 19.7 Å². The van der Waals surface area contributed by atoms with Crippen LogP contribution in [0.15, 0.2) is 60.7 Å². The molecule has 1 aliphatic carbocycles. The zero-order chi connectivity index (χ0) is 19.6. The summed E-state index contributed by atoms with van der Waals surface area (Å²) in [5.41, 5.74) is 2.87. The molecule has 146 valence electrons. The number of esters is 1. The van der Waals surface area contributed by atoms with Crippen molar-refractivity contribution in [3.05, 3.63) is 76.8 Å². The average Bonchev–Trinajstić information content (AvgIpc) is 3.17. The molecule has 0 amide bonds. The lowest BCUT2D eigenvalue weighted by Crippen LogP contribution is -2.60. The van der Waals surface area contributed by atoms with Crippen LogP contribution in [0.4, 0.5) is 0 Å². The Morgan fingerprint density at radius 1 is 1.11 bits per heavy atom. The minimum absolute atomic E-state index is 0.00836. The molecule has 0 aromatic heterocycles. The molecule has 1 aliphatic heterocycles. The minimum Gasteiger partial charge on any atom is -0.466 e. The molecule has 1 fully saturated rings. The van der Waals surface area contributed by atoms with Gasteiger partial charge in [-0.15, -0.1) is 0 Å². The van der Waals surface area contributed by atoms with E-state index in [4.69, 9.17) is 16.3 Å². The maximum Gasteiger partial charge on any atom is 0.313 e. The molecule has 2 aromatic carbocycles. The van der Waals surface area contributed by atoms with Gasteiger partial charge < -0.3 is 4.74 Å². The van der Waals surface area contributed by atoms with E-state index in [9.17, 15) is 4.79 Å². The van der Waals surface area contributed by atoms with Crippen LogP contribution in [0.25, 0.3) is 5.57 Å². The highest BCUT2D eigenvalue weighted by molar-refractivity contribution is 6.30. The Bertz CT molecular complexity index is 858. The Kier molecular flexibility index (Phi) is 5.54. The number of carbonyl (C=O) groups is 1. The Hall–Kier alpha value is -2.14. The lowest BCUT2D eigenvalue weighted by atomic mass is 9.69. The lowest BCUT2D eigenvalue weighted by Gasteiger charge is -2.43. The van der Waals surface area contributed by atoms with Crippen LogP contribution >= 0.6 is 11.6 Å². The zero-order valence-corrected chi connectivity index (χ0v) is 16.7. The van der Waals surface area contributed by atoms with Crippen LogP contribution in [-0.2, 0) is 9.53 Å². The maximum atomic E-state index is 13.1. The van der Waals surface area contributed by atoms with Crippen molar-refractivity contribution < 1.29 is 9.53 Å². The molecule has 0 bridgehead atoms. The summed E-state index contributed by atoms with van der Waals surface area (Å²) in [5, 5.41) is 7.83. The predicted octanol–water partition coefficient (Wildman–Crippen LogP) is 3.98. The first-order valence-corrected chi connectivity index (χ1v) is 10.2. The molecular weight excluding hydrogens is 372 g/mol. The van der Waals surface area contributed by atoms with E-state index in [2.05, 4.69) is 28.8 Å². The molecule has 1 heterocycles. The van der Waals surface area contributed by atoms with Gasteiger partial charge in [-0.1, -0.05) is 54.1 Å². The summed E-state index contributed by atoms with van der Waals surface area (Å²) >= 11 is 6.09. The highest BCUT2D eigenvalue weighted by Crippen LogP contribution is 2.46. The van der Waals surface area contributed by atoms with Crippen LogP contribution in [0.3, 0.4) is 0 Å². The van der Waals surface area contributed by atoms with E-state index < -0.39 is 5.66 Å². The van der Waals surface area contributed by atoms with Crippen molar-refractivity contribution in [3.63, 3.8) is 0 Å². The van der Waals surface area contributed by atoms with E-state index in [0.29, 0.717) is 6.61 Å². The second-order valence-electron chi connectivity index (χ2n) is 7.35. The van der Waals surface area contributed by atoms with Gasteiger partial charge >= 0.3 is 5.97 Å². The van der Waals surface area contributed by atoms with Gasteiger partial charge in [-0.2, -0.15) is 0 Å². The van der Waals surface area contributed by atoms with Crippen LogP contribution < -0.4 is 10.6 Å². The van der Waals surface area contributed by atoms with Crippen molar-refractivity contribution >= 4 is 23.1 Å². The van der Waals surface area contributed by atoms with Crippen LogP contribution in [0.2, 0.25) is 5.02 Å². The molecule has 2 N–H and O–H groups in total. The largest absolute Gasteiger partial charge is 0.466 e. The van der Waals surface area contributed by atoms with E-state index in [1.54, 1.807) is 0 Å². The van der Waals surface area contributed by atoms with Gasteiger partial charge in [-0.3, -0.25) is 15.4 Å². The van der Waals surface area contributed by atoms with Crippen LogP contribution in [0.1, 0.15) is 30.4 Å². The van der Waals surface area contributed by atoms with Crippen LogP contribution in [0.5, 0.6) is 0 Å². The molecule has 4 rings (SSSR count). The fourth-order valence-electron chi connectivity index (χ4n) is 4.48. The van der Waals surface area contributed by atoms with Crippen molar-refractivity contribution in [2.24, 2.45) is 5.92 Å². The van der Waals surface area contributed by atoms with Gasteiger partial charge in [0, 0.05) is 24.0 Å². The monoisotopic (exact) mass is 396 g/mol. The number of hydrogen-bond acceptors (Lipinski definition) is 4. The second kappa shape index (κ2) is 8.08. The fourth-order valence-corrected chi connectivity index (χ4v) is 4.60. The van der Waals surface area contributed by atoms with Gasteiger partial charge in [0.1, 0.15) is 5.66 Å². The number of rotatable bonds is 4. The maximum absolute atomic E-state index is 13.1. The van der Waals surface area contributed by atoms with Gasteiger partial charge in [0.15, 0.2) is 0 Å². The van der Waals surface area contributed by atoms with E-state index in [1.807, 2.05) is 49.4 Å². The molecule has 1 spiro atoms. The second-order valence-corrected chi connectivity index (χ2v) is 7.79. The van der Waals surface area contributed by atoms with E-state index in [1.165, 1.54) is 5.57 Å². The SMILES string of the molecule is CCOC(=O)C1C(c2ccccc2)CC(c2ccc(Cl)cc2)=CC12NCCN2. The summed E-state index contributed by atoms with van der Waals surface area (Å²) in [4.78, 5) is 13.1. The third-order valence-electron chi connectivity index (χ3n) is 5.68. The molecular formula is C23H25ClN2O2. The van der Waals surface area contributed by atoms with E-state index in [0.717, 1.165) is 35.7 Å². The van der Waals surface area contributed by atoms with E-state index >= 15 is 0 Å². The summed E-state index contributed by atoms with van der Waals surface area (Å²) in [7, 11) is 0. The van der Waals surface area contributed by atoms with Gasteiger partial charge in [0.2, 0.25) is 0 Å². The normalized spacial score (nSPS) is 23.4. The van der Waals surface area contributed by atoms with Crippen molar-refractivity contribution in [1.82, 2.24) is 10.6 Å². The summed E-state index contributed by atoms with van der Waals surface area (Å²) < 4.78 is 5.51. The third-order valence-corrected chi connectivity index (χ3v) is 5.93. The highest BCUT2D eigenvalue weighted by atomic mass is 35.5. The van der Waals surface area contributed by atoms with Gasteiger partial charge in [0.25, 0.3) is 0 Å². The van der Waals surface area contributed by atoms with Crippen molar-refractivity contribution in [3.8, 4) is 0 Å². The summed E-state index contributed by atoms with van der Waals surface area (Å²) in [5.74, 6) is -0.493. The molecule has 2 aromatic rings. The number of hydrogen-bond donors (Lipinski definition) is 2. The van der Waals surface area contributed by atoms with Gasteiger partial charge in [-0.25, -0.2) is 0 Å². The molecule has 1 saturated heterocycles. The Morgan fingerprint density at radius 3 is 2.43 bits per heavy atom. The van der Waals surface area contributed by atoms with Crippen molar-refractivity contribution in [2.45, 2.75) is 24.9 Å². The van der Waals surface area contributed by atoms with Crippen LogP contribution in [0, 0.1) is 5.92 Å².